The summed E-state index contributed by atoms with van der Waals surface area (Å²) in [4.78, 5) is 27.8. The van der Waals surface area contributed by atoms with Crippen LogP contribution in [0.2, 0.25) is 0 Å². The van der Waals surface area contributed by atoms with Gasteiger partial charge in [0.1, 0.15) is 5.52 Å². The number of pyridine rings is 1. The van der Waals surface area contributed by atoms with Crippen molar-refractivity contribution in [1.29, 1.82) is 0 Å². The number of carbonyl (C=O) groups is 1. The Hall–Kier alpha value is -3.10. The Balaban J connectivity index is 1.35. The van der Waals surface area contributed by atoms with Gasteiger partial charge in [-0.3, -0.25) is 14.2 Å². The molecule has 9 nitrogen and oxygen atoms in total. The summed E-state index contributed by atoms with van der Waals surface area (Å²) in [6, 6.07) is 2.34. The standard InChI is InChI=1S/C25H35N7O2/c1-29-16-20(22-11-13-30(2)27-22)23-21(24(29)33)17-32(28-23)15-18-8-6-7-12-31(14-18)25(34)26-19-9-4-3-5-10-19/h11,13,16-19H,3-10,12,14-15H2,1-2H3,(H,26,34). The molecule has 3 aromatic heterocycles. The summed E-state index contributed by atoms with van der Waals surface area (Å²) in [6.07, 6.45) is 14.6. The van der Waals surface area contributed by atoms with E-state index in [1.807, 2.05) is 41.3 Å². The molecule has 9 heteroatoms. The highest BCUT2D eigenvalue weighted by Crippen LogP contribution is 2.25. The van der Waals surface area contributed by atoms with Crippen LogP contribution in [0.4, 0.5) is 4.79 Å². The van der Waals surface area contributed by atoms with Crippen LogP contribution in [0.5, 0.6) is 0 Å². The fourth-order valence-corrected chi connectivity index (χ4v) is 5.46. The maximum atomic E-state index is 13.0. The lowest BCUT2D eigenvalue weighted by Crippen LogP contribution is -2.47. The number of aromatic nitrogens is 5. The van der Waals surface area contributed by atoms with Gasteiger partial charge in [-0.25, -0.2) is 4.79 Å². The molecule has 182 valence electrons. The first kappa shape index (κ1) is 22.7. The minimum absolute atomic E-state index is 0.0599. The quantitative estimate of drug-likeness (QED) is 0.640. The summed E-state index contributed by atoms with van der Waals surface area (Å²) in [7, 11) is 3.64. The first-order valence-electron chi connectivity index (χ1n) is 12.6. The SMILES string of the molecule is Cn1ccc(-c2cn(C)c(=O)c3cn(CC4CCCCN(C(=O)NC5CCCCC5)C4)nc23)n1. The van der Waals surface area contributed by atoms with Crippen LogP contribution < -0.4 is 10.9 Å². The van der Waals surface area contributed by atoms with Crippen molar-refractivity contribution in [2.45, 2.75) is 64.0 Å². The molecule has 1 atom stereocenters. The Morgan fingerprint density at radius 3 is 2.62 bits per heavy atom. The molecule has 1 saturated carbocycles. The van der Waals surface area contributed by atoms with Crippen LogP contribution in [0.3, 0.4) is 0 Å². The zero-order valence-corrected chi connectivity index (χ0v) is 20.2. The van der Waals surface area contributed by atoms with Crippen molar-refractivity contribution in [3.8, 4) is 11.3 Å². The van der Waals surface area contributed by atoms with E-state index >= 15 is 0 Å². The van der Waals surface area contributed by atoms with Crippen LogP contribution in [0.1, 0.15) is 51.4 Å². The van der Waals surface area contributed by atoms with Gasteiger partial charge in [-0.1, -0.05) is 25.7 Å². The highest BCUT2D eigenvalue weighted by molar-refractivity contribution is 5.91. The molecule has 5 rings (SSSR count). The molecule has 0 bridgehead atoms. The normalized spacial score (nSPS) is 19.9. The van der Waals surface area contributed by atoms with Crippen molar-refractivity contribution in [3.63, 3.8) is 0 Å². The maximum absolute atomic E-state index is 13.0. The summed E-state index contributed by atoms with van der Waals surface area (Å²) in [5.74, 6) is 0.302. The lowest BCUT2D eigenvalue weighted by atomic mass is 9.96. The largest absolute Gasteiger partial charge is 0.335 e. The summed E-state index contributed by atoms with van der Waals surface area (Å²) in [6.45, 7) is 2.22. The molecule has 1 aliphatic carbocycles. The van der Waals surface area contributed by atoms with Gasteiger partial charge in [0.15, 0.2) is 0 Å². The number of nitrogens with zero attached hydrogens (tertiary/aromatic N) is 6. The Labute approximate surface area is 199 Å². The van der Waals surface area contributed by atoms with Crippen LogP contribution in [0.25, 0.3) is 22.2 Å². The van der Waals surface area contributed by atoms with Crippen LogP contribution in [-0.2, 0) is 20.6 Å². The fraction of sp³-hybridized carbons (Fsp3) is 0.600. The van der Waals surface area contributed by atoms with E-state index in [-0.39, 0.29) is 11.6 Å². The number of nitrogens with one attached hydrogen (secondary N) is 1. The third-order valence-electron chi connectivity index (χ3n) is 7.31. The van der Waals surface area contributed by atoms with Gasteiger partial charge < -0.3 is 14.8 Å². The lowest BCUT2D eigenvalue weighted by molar-refractivity contribution is 0.181. The Bertz CT molecular complexity index is 1220. The second-order valence-corrected chi connectivity index (χ2v) is 10.0. The topological polar surface area (TPSA) is 90.0 Å². The highest BCUT2D eigenvalue weighted by atomic mass is 16.2. The number of urea groups is 1. The number of rotatable bonds is 4. The molecule has 2 fully saturated rings. The Morgan fingerprint density at radius 1 is 1.06 bits per heavy atom. The van der Waals surface area contributed by atoms with E-state index in [9.17, 15) is 9.59 Å². The van der Waals surface area contributed by atoms with E-state index in [1.54, 1.807) is 16.3 Å². The third kappa shape index (κ3) is 4.74. The number of aryl methyl sites for hydroxylation is 2. The smallest absolute Gasteiger partial charge is 0.317 e. The molecular weight excluding hydrogens is 430 g/mol. The van der Waals surface area contributed by atoms with Crippen LogP contribution >= 0.6 is 0 Å². The Morgan fingerprint density at radius 2 is 1.85 bits per heavy atom. The first-order valence-corrected chi connectivity index (χ1v) is 12.6. The van der Waals surface area contributed by atoms with E-state index in [0.717, 1.165) is 56.5 Å². The zero-order chi connectivity index (χ0) is 23.7. The predicted molar refractivity (Wildman–Crippen MR) is 131 cm³/mol. The van der Waals surface area contributed by atoms with Crippen molar-refractivity contribution >= 4 is 16.9 Å². The number of amides is 2. The number of hydrogen-bond donors (Lipinski definition) is 1. The minimum Gasteiger partial charge on any atom is -0.335 e. The molecule has 3 aromatic rings. The van der Waals surface area contributed by atoms with Gasteiger partial charge in [-0.15, -0.1) is 0 Å². The number of likely N-dealkylation sites (tertiary alicyclic amines) is 1. The summed E-state index contributed by atoms with van der Waals surface area (Å²) in [5, 5.41) is 13.2. The molecule has 0 radical (unpaired) electrons. The van der Waals surface area contributed by atoms with Crippen LogP contribution in [0, 0.1) is 5.92 Å². The predicted octanol–water partition coefficient (Wildman–Crippen LogP) is 3.28. The van der Waals surface area contributed by atoms with Gasteiger partial charge >= 0.3 is 6.03 Å². The zero-order valence-electron chi connectivity index (χ0n) is 20.2. The first-order chi connectivity index (χ1) is 16.5. The molecule has 0 aromatic carbocycles. The van der Waals surface area contributed by atoms with Crippen LogP contribution in [0.15, 0.2) is 29.5 Å². The van der Waals surface area contributed by atoms with Crippen molar-refractivity contribution in [2.24, 2.45) is 20.0 Å². The van der Waals surface area contributed by atoms with Crippen molar-refractivity contribution < 1.29 is 4.79 Å². The second kappa shape index (κ2) is 9.64. The summed E-state index contributed by atoms with van der Waals surface area (Å²) < 4.78 is 5.24. The van der Waals surface area contributed by atoms with Crippen molar-refractivity contribution in [2.75, 3.05) is 13.1 Å². The van der Waals surface area contributed by atoms with E-state index in [0.29, 0.717) is 29.4 Å². The highest BCUT2D eigenvalue weighted by Gasteiger charge is 2.25. The van der Waals surface area contributed by atoms with Crippen molar-refractivity contribution in [1.82, 2.24) is 34.3 Å². The molecule has 1 saturated heterocycles. The number of fused-ring (bicyclic) bond motifs is 1. The molecule has 2 amide bonds. The molecule has 1 unspecified atom stereocenters. The molecule has 0 spiro atoms. The van der Waals surface area contributed by atoms with Gasteiger partial charge in [0.2, 0.25) is 0 Å². The molecule has 1 N–H and O–H groups in total. The molecular formula is C25H35N7O2. The Kier molecular flexibility index (Phi) is 6.43. The van der Waals surface area contributed by atoms with Gasteiger partial charge in [0, 0.05) is 63.9 Å². The summed E-state index contributed by atoms with van der Waals surface area (Å²) in [5.41, 5.74) is 2.27. The molecule has 34 heavy (non-hydrogen) atoms. The van der Waals surface area contributed by atoms with Gasteiger partial charge in [0.05, 0.1) is 11.1 Å². The van der Waals surface area contributed by atoms with E-state index in [2.05, 4.69) is 10.4 Å². The molecule has 2 aliphatic rings. The maximum Gasteiger partial charge on any atom is 0.317 e. The molecule has 4 heterocycles. The third-order valence-corrected chi connectivity index (χ3v) is 7.31. The summed E-state index contributed by atoms with van der Waals surface area (Å²) >= 11 is 0. The van der Waals surface area contributed by atoms with Gasteiger partial charge in [-0.2, -0.15) is 10.2 Å². The van der Waals surface area contributed by atoms with E-state index in [1.165, 1.54) is 19.3 Å². The minimum atomic E-state index is -0.0599. The molecule has 1 aliphatic heterocycles. The van der Waals surface area contributed by atoms with Gasteiger partial charge in [-0.05, 0) is 37.7 Å². The van der Waals surface area contributed by atoms with Gasteiger partial charge in [0.25, 0.3) is 5.56 Å². The average molecular weight is 466 g/mol. The van der Waals surface area contributed by atoms with Crippen LogP contribution in [-0.4, -0.2) is 54.2 Å². The number of hydrogen-bond acceptors (Lipinski definition) is 4. The lowest BCUT2D eigenvalue weighted by Gasteiger charge is -2.29. The van der Waals surface area contributed by atoms with E-state index in [4.69, 9.17) is 5.10 Å². The monoisotopic (exact) mass is 465 g/mol. The van der Waals surface area contributed by atoms with Crippen molar-refractivity contribution in [3.05, 3.63) is 35.0 Å². The van der Waals surface area contributed by atoms with E-state index < -0.39 is 0 Å². The average Bonchev–Trinajstić information content (AvgIpc) is 3.37. The number of carbonyl (C=O) groups excluding carboxylic acids is 1. The fourth-order valence-electron chi connectivity index (χ4n) is 5.46. The second-order valence-electron chi connectivity index (χ2n) is 10.0.